The molecule has 26 heavy (non-hydrogen) atoms. The minimum absolute atomic E-state index is 0.0382. The number of hydrogen-bond acceptors (Lipinski definition) is 0. The molecule has 1 aliphatic rings. The third kappa shape index (κ3) is 4.70. The van der Waals surface area contributed by atoms with Crippen molar-refractivity contribution in [2.45, 2.75) is 6.92 Å². The van der Waals surface area contributed by atoms with Crippen LogP contribution in [0.5, 0.6) is 0 Å². The van der Waals surface area contributed by atoms with Crippen molar-refractivity contribution in [3.8, 4) is 0 Å². The molecule has 0 aromatic rings. The van der Waals surface area contributed by atoms with Gasteiger partial charge in [0, 0.05) is 5.92 Å². The predicted octanol–water partition coefficient (Wildman–Crippen LogP) is 7.31. The Morgan fingerprint density at radius 2 is 1.27 bits per heavy atom. The van der Waals surface area contributed by atoms with Gasteiger partial charge < -0.3 is 0 Å². The lowest BCUT2D eigenvalue weighted by molar-refractivity contribution is 0.921. The van der Waals surface area contributed by atoms with Gasteiger partial charge in [-0.05, 0) is 34.8 Å². The molecule has 0 aromatic carbocycles. The van der Waals surface area contributed by atoms with Crippen molar-refractivity contribution in [3.05, 3.63) is 146 Å². The normalized spacial score (nSPS) is 16.5. The van der Waals surface area contributed by atoms with Crippen LogP contribution in [0.2, 0.25) is 0 Å². The van der Waals surface area contributed by atoms with Crippen LogP contribution in [0.4, 0.5) is 0 Å². The van der Waals surface area contributed by atoms with E-state index in [0.717, 1.165) is 33.4 Å². The highest BCUT2D eigenvalue weighted by Gasteiger charge is 2.30. The molecule has 0 nitrogen and oxygen atoms in total. The molecule has 0 bridgehead atoms. The summed E-state index contributed by atoms with van der Waals surface area (Å²) in [5.74, 6) is 0.0382. The van der Waals surface area contributed by atoms with Gasteiger partial charge in [-0.3, -0.25) is 0 Å². The minimum Gasteiger partial charge on any atom is -0.0991 e. The van der Waals surface area contributed by atoms with Gasteiger partial charge in [0.05, 0.1) is 0 Å². The Labute approximate surface area is 159 Å². The summed E-state index contributed by atoms with van der Waals surface area (Å²) in [5, 5.41) is 0. The van der Waals surface area contributed by atoms with Crippen molar-refractivity contribution < 1.29 is 0 Å². The Kier molecular flexibility index (Phi) is 8.60. The van der Waals surface area contributed by atoms with Crippen molar-refractivity contribution in [1.29, 1.82) is 0 Å². The molecule has 0 N–H and O–H groups in total. The molecule has 0 aromatic heterocycles. The first-order chi connectivity index (χ1) is 12.6. The summed E-state index contributed by atoms with van der Waals surface area (Å²) < 4.78 is 0. The molecule has 0 saturated carbocycles. The lowest BCUT2D eigenvalue weighted by Gasteiger charge is -2.18. The molecule has 0 amide bonds. The third-order valence-electron chi connectivity index (χ3n) is 4.13. The molecular weight excluding hydrogens is 312 g/mol. The molecule has 0 heterocycles. The lowest BCUT2D eigenvalue weighted by Crippen LogP contribution is -2.06. The summed E-state index contributed by atoms with van der Waals surface area (Å²) in [4.78, 5) is 0. The van der Waals surface area contributed by atoms with Gasteiger partial charge in [-0.25, -0.2) is 0 Å². The molecule has 132 valence electrons. The fourth-order valence-corrected chi connectivity index (χ4v) is 3.01. The van der Waals surface area contributed by atoms with Crippen LogP contribution in [0, 0.1) is 5.92 Å². The summed E-state index contributed by atoms with van der Waals surface area (Å²) in [6, 6.07) is 0. The molecule has 0 aliphatic heterocycles. The average molecular weight is 341 g/mol. The molecular formula is C26H28. The standard InChI is InChI=1S/C26H28/c1-8-14-17-24-22(12-5)23(13-6)25(18-15-9-2)26(24)21(16-10-3)19-20(7)11-4/h8-19,26H,1-6H2,7H3/b17-14-,18-15-,20-19-,21-16+. The Morgan fingerprint density at radius 3 is 1.62 bits per heavy atom. The Hall–Kier alpha value is -3.12. The quantitative estimate of drug-likeness (QED) is 0.366. The zero-order chi connectivity index (χ0) is 19.5. The fourth-order valence-electron chi connectivity index (χ4n) is 3.01. The van der Waals surface area contributed by atoms with Crippen molar-refractivity contribution in [2.24, 2.45) is 5.92 Å². The van der Waals surface area contributed by atoms with Crippen LogP contribution in [-0.4, -0.2) is 0 Å². The molecule has 1 rings (SSSR count). The molecule has 0 atom stereocenters. The SMILES string of the molecule is C=C/C=C\C1=C(C=C)C(C=C)=C(/C=C\C=C)C1C(/C=C(/C)C=C)=C/C=C. The first-order valence-electron chi connectivity index (χ1n) is 8.54. The van der Waals surface area contributed by atoms with E-state index >= 15 is 0 Å². The molecule has 0 spiro atoms. The second-order valence-electron chi connectivity index (χ2n) is 5.76. The number of rotatable bonds is 10. The van der Waals surface area contributed by atoms with Crippen LogP contribution >= 0.6 is 0 Å². The Morgan fingerprint density at radius 1 is 0.769 bits per heavy atom. The van der Waals surface area contributed by atoms with Crippen molar-refractivity contribution >= 4 is 0 Å². The highest BCUT2D eigenvalue weighted by molar-refractivity contribution is 5.68. The molecule has 0 saturated heterocycles. The highest BCUT2D eigenvalue weighted by Crippen LogP contribution is 2.44. The minimum atomic E-state index is 0.0382. The predicted molar refractivity (Wildman–Crippen MR) is 119 cm³/mol. The van der Waals surface area contributed by atoms with E-state index in [1.54, 1.807) is 12.2 Å². The summed E-state index contributed by atoms with van der Waals surface area (Å²) >= 11 is 0. The monoisotopic (exact) mass is 340 g/mol. The van der Waals surface area contributed by atoms with Crippen molar-refractivity contribution in [1.82, 2.24) is 0 Å². The van der Waals surface area contributed by atoms with Gasteiger partial charge >= 0.3 is 0 Å². The highest BCUT2D eigenvalue weighted by atomic mass is 14.3. The molecule has 0 heteroatoms. The van der Waals surface area contributed by atoms with Gasteiger partial charge in [-0.15, -0.1) is 0 Å². The van der Waals surface area contributed by atoms with Crippen LogP contribution < -0.4 is 0 Å². The summed E-state index contributed by atoms with van der Waals surface area (Å²) in [6.45, 7) is 25.4. The fraction of sp³-hybridized carbons (Fsp3) is 0.0769. The first kappa shape index (κ1) is 20.9. The van der Waals surface area contributed by atoms with Gasteiger partial charge in [0.2, 0.25) is 0 Å². The van der Waals surface area contributed by atoms with E-state index in [2.05, 4.69) is 57.7 Å². The van der Waals surface area contributed by atoms with E-state index in [9.17, 15) is 0 Å². The summed E-state index contributed by atoms with van der Waals surface area (Å²) in [6.07, 6.45) is 23.2. The topological polar surface area (TPSA) is 0 Å². The first-order valence-corrected chi connectivity index (χ1v) is 8.54. The zero-order valence-electron chi connectivity index (χ0n) is 15.7. The number of hydrogen-bond donors (Lipinski definition) is 0. The lowest BCUT2D eigenvalue weighted by atomic mass is 9.85. The van der Waals surface area contributed by atoms with Crippen LogP contribution in [0.1, 0.15) is 6.92 Å². The Bertz CT molecular complexity index is 749. The van der Waals surface area contributed by atoms with Crippen molar-refractivity contribution in [3.63, 3.8) is 0 Å². The van der Waals surface area contributed by atoms with Gasteiger partial charge in [-0.1, -0.05) is 118 Å². The number of allylic oxidation sites excluding steroid dienone is 18. The van der Waals surface area contributed by atoms with Crippen molar-refractivity contribution in [2.75, 3.05) is 0 Å². The average Bonchev–Trinajstić information content (AvgIpc) is 2.96. The third-order valence-corrected chi connectivity index (χ3v) is 4.13. The molecule has 0 unspecified atom stereocenters. The molecule has 0 fully saturated rings. The van der Waals surface area contributed by atoms with Crippen LogP contribution in [0.25, 0.3) is 0 Å². The van der Waals surface area contributed by atoms with Gasteiger partial charge in [0.1, 0.15) is 0 Å². The summed E-state index contributed by atoms with van der Waals surface area (Å²) in [7, 11) is 0. The van der Waals surface area contributed by atoms with E-state index in [0.29, 0.717) is 0 Å². The Balaban J connectivity index is 3.83. The van der Waals surface area contributed by atoms with Crippen LogP contribution in [-0.2, 0) is 0 Å². The second kappa shape index (κ2) is 10.7. The van der Waals surface area contributed by atoms with E-state index in [1.165, 1.54) is 0 Å². The maximum atomic E-state index is 4.02. The second-order valence-corrected chi connectivity index (χ2v) is 5.76. The van der Waals surface area contributed by atoms with Crippen LogP contribution in [0.3, 0.4) is 0 Å². The van der Waals surface area contributed by atoms with Gasteiger partial charge in [0.25, 0.3) is 0 Å². The largest absolute Gasteiger partial charge is 0.0991 e. The van der Waals surface area contributed by atoms with Crippen LogP contribution in [0.15, 0.2) is 146 Å². The molecule has 0 radical (unpaired) electrons. The maximum absolute atomic E-state index is 4.02. The van der Waals surface area contributed by atoms with E-state index < -0.39 is 0 Å². The van der Waals surface area contributed by atoms with Gasteiger partial charge in [0.15, 0.2) is 0 Å². The molecule has 1 aliphatic carbocycles. The zero-order valence-corrected chi connectivity index (χ0v) is 15.7. The smallest absolute Gasteiger partial charge is 0.0352 e. The van der Waals surface area contributed by atoms with Gasteiger partial charge in [-0.2, -0.15) is 0 Å². The maximum Gasteiger partial charge on any atom is 0.0352 e. The van der Waals surface area contributed by atoms with E-state index in [4.69, 9.17) is 0 Å². The summed E-state index contributed by atoms with van der Waals surface area (Å²) in [5.41, 5.74) is 6.67. The van der Waals surface area contributed by atoms with E-state index in [1.807, 2.05) is 49.5 Å². The van der Waals surface area contributed by atoms with E-state index in [-0.39, 0.29) is 5.92 Å².